The third kappa shape index (κ3) is 3.05. The molecule has 1 unspecified atom stereocenters. The van der Waals surface area contributed by atoms with Crippen LogP contribution in [0.5, 0.6) is 0 Å². The van der Waals surface area contributed by atoms with E-state index in [1.165, 1.54) is 0 Å². The molecule has 0 saturated carbocycles. The van der Waals surface area contributed by atoms with Gasteiger partial charge in [0.25, 0.3) is 0 Å². The van der Waals surface area contributed by atoms with Crippen LogP contribution in [0.25, 0.3) is 0 Å². The molecule has 0 radical (unpaired) electrons. The van der Waals surface area contributed by atoms with E-state index in [0.717, 1.165) is 6.42 Å². The van der Waals surface area contributed by atoms with Gasteiger partial charge in [-0.1, -0.05) is 12.1 Å². The molecule has 0 N–H and O–H groups in total. The quantitative estimate of drug-likeness (QED) is 0.423. The predicted molar refractivity (Wildman–Crippen MR) is 46.2 cm³/mol. The molecule has 1 heterocycles. The topological polar surface area (TPSA) is 3.88 Å². The predicted octanol–water partition coefficient (Wildman–Crippen LogP) is -0.885. The Kier molecular flexibility index (Phi) is 5.39. The first kappa shape index (κ1) is 11.2. The maximum atomic E-state index is 3.71. The summed E-state index contributed by atoms with van der Waals surface area (Å²) in [5.74, 6) is 0. The first-order chi connectivity index (χ1) is 5.34. The van der Waals surface area contributed by atoms with Crippen molar-refractivity contribution >= 4 is 0 Å². The zero-order valence-electron chi connectivity index (χ0n) is 7.28. The second-order valence-electron chi connectivity index (χ2n) is 2.70. The monoisotopic (exact) mass is 183 g/mol. The highest BCUT2D eigenvalue weighted by atomic mass is 35.5. The lowest BCUT2D eigenvalue weighted by Crippen LogP contribution is -3.00. The van der Waals surface area contributed by atoms with Crippen LogP contribution in [0.3, 0.4) is 0 Å². The van der Waals surface area contributed by atoms with Gasteiger partial charge < -0.3 is 12.4 Å². The molecule has 1 nitrogen and oxygen atoms in total. The minimum atomic E-state index is 0. The van der Waals surface area contributed by atoms with Gasteiger partial charge in [-0.2, -0.15) is 0 Å². The summed E-state index contributed by atoms with van der Waals surface area (Å²) in [5.41, 5.74) is 0. The summed E-state index contributed by atoms with van der Waals surface area (Å²) < 4.78 is 2.18. The fourth-order valence-electron chi connectivity index (χ4n) is 1.07. The van der Waals surface area contributed by atoms with E-state index in [4.69, 9.17) is 0 Å². The van der Waals surface area contributed by atoms with Crippen molar-refractivity contribution in [3.63, 3.8) is 0 Å². The first-order valence-electron chi connectivity index (χ1n) is 3.91. The lowest BCUT2D eigenvalue weighted by atomic mass is 10.2. The van der Waals surface area contributed by atoms with Gasteiger partial charge in [0.2, 0.25) is 0 Å². The summed E-state index contributed by atoms with van der Waals surface area (Å²) in [5, 5.41) is 0. The van der Waals surface area contributed by atoms with Crippen molar-refractivity contribution in [2.75, 3.05) is 0 Å². The summed E-state index contributed by atoms with van der Waals surface area (Å²) >= 11 is 0. The molecule has 2 heteroatoms. The van der Waals surface area contributed by atoms with Crippen LogP contribution >= 0.6 is 0 Å². The average molecular weight is 184 g/mol. The van der Waals surface area contributed by atoms with E-state index in [1.807, 2.05) is 24.3 Å². The zero-order valence-corrected chi connectivity index (χ0v) is 8.04. The fraction of sp³-hybridized carbons (Fsp3) is 0.300. The molecular formula is C10H14ClN. The lowest BCUT2D eigenvalue weighted by molar-refractivity contribution is -0.719. The highest BCUT2D eigenvalue weighted by Gasteiger charge is 2.07. The van der Waals surface area contributed by atoms with Crippen molar-refractivity contribution < 1.29 is 17.0 Å². The van der Waals surface area contributed by atoms with Crippen LogP contribution in [0.4, 0.5) is 0 Å². The smallest absolute Gasteiger partial charge is 0.169 e. The number of hydrogen-bond donors (Lipinski definition) is 0. The zero-order chi connectivity index (χ0) is 8.10. The molecule has 0 fully saturated rings. The van der Waals surface area contributed by atoms with E-state index in [-0.39, 0.29) is 12.4 Å². The summed E-state index contributed by atoms with van der Waals surface area (Å²) in [6, 6.07) is 6.63. The van der Waals surface area contributed by atoms with Crippen molar-refractivity contribution in [1.82, 2.24) is 0 Å². The third-order valence-corrected chi connectivity index (χ3v) is 1.76. The number of hydrogen-bond acceptors (Lipinski definition) is 0. The largest absolute Gasteiger partial charge is 1.00 e. The highest BCUT2D eigenvalue weighted by Crippen LogP contribution is 1.99. The maximum absolute atomic E-state index is 3.71. The summed E-state index contributed by atoms with van der Waals surface area (Å²) in [7, 11) is 0. The van der Waals surface area contributed by atoms with Gasteiger partial charge in [-0.15, -0.1) is 6.58 Å². The summed E-state index contributed by atoms with van der Waals surface area (Å²) in [6.07, 6.45) is 7.13. The van der Waals surface area contributed by atoms with Gasteiger partial charge in [0.05, 0.1) is 0 Å². The van der Waals surface area contributed by atoms with Crippen LogP contribution in [-0.2, 0) is 0 Å². The Labute approximate surface area is 80.1 Å². The molecule has 0 aromatic carbocycles. The summed E-state index contributed by atoms with van der Waals surface area (Å²) in [6.45, 7) is 5.90. The Bertz CT molecular complexity index is 221. The second kappa shape index (κ2) is 5.78. The Morgan fingerprint density at radius 1 is 1.33 bits per heavy atom. The van der Waals surface area contributed by atoms with E-state index < -0.39 is 0 Å². The first-order valence-corrected chi connectivity index (χ1v) is 3.91. The van der Waals surface area contributed by atoms with E-state index in [1.54, 1.807) is 0 Å². The Morgan fingerprint density at radius 2 is 1.92 bits per heavy atom. The molecule has 1 aromatic heterocycles. The van der Waals surface area contributed by atoms with Gasteiger partial charge in [-0.3, -0.25) is 0 Å². The van der Waals surface area contributed by atoms with E-state index in [2.05, 4.69) is 30.5 Å². The molecule has 1 atom stereocenters. The number of nitrogens with zero attached hydrogens (tertiary/aromatic N) is 1. The van der Waals surface area contributed by atoms with Crippen LogP contribution in [0, 0.1) is 0 Å². The average Bonchev–Trinajstić information content (AvgIpc) is 2.07. The van der Waals surface area contributed by atoms with Gasteiger partial charge in [0.15, 0.2) is 18.4 Å². The Morgan fingerprint density at radius 3 is 2.42 bits per heavy atom. The highest BCUT2D eigenvalue weighted by molar-refractivity contribution is 4.84. The molecule has 1 rings (SSSR count). The Balaban J connectivity index is 0.00000121. The molecule has 1 aromatic rings. The van der Waals surface area contributed by atoms with Crippen molar-refractivity contribution in [1.29, 1.82) is 0 Å². The van der Waals surface area contributed by atoms with Gasteiger partial charge in [0.1, 0.15) is 0 Å². The molecular weight excluding hydrogens is 170 g/mol. The molecule has 0 aliphatic carbocycles. The molecule has 66 valence electrons. The number of rotatable bonds is 3. The number of halogens is 1. The minimum absolute atomic E-state index is 0. The van der Waals surface area contributed by atoms with Gasteiger partial charge >= 0.3 is 0 Å². The number of allylic oxidation sites excluding steroid dienone is 1. The molecule has 0 bridgehead atoms. The van der Waals surface area contributed by atoms with Gasteiger partial charge in [-0.25, -0.2) is 4.57 Å². The number of aromatic nitrogens is 1. The van der Waals surface area contributed by atoms with E-state index in [9.17, 15) is 0 Å². The van der Waals surface area contributed by atoms with Gasteiger partial charge in [0, 0.05) is 18.6 Å². The summed E-state index contributed by atoms with van der Waals surface area (Å²) in [4.78, 5) is 0. The standard InChI is InChI=1S/C10H14N.ClH/c1-3-7-10(2)11-8-5-4-6-9-11;/h3-6,8-10H,1,7H2,2H3;1H/q+1;/p-1. The normalized spacial score (nSPS) is 11.4. The van der Waals surface area contributed by atoms with Crippen molar-refractivity contribution in [2.45, 2.75) is 19.4 Å². The van der Waals surface area contributed by atoms with Crippen molar-refractivity contribution in [3.8, 4) is 0 Å². The molecule has 0 spiro atoms. The van der Waals surface area contributed by atoms with E-state index in [0.29, 0.717) is 6.04 Å². The van der Waals surface area contributed by atoms with Crippen molar-refractivity contribution in [3.05, 3.63) is 43.2 Å². The maximum Gasteiger partial charge on any atom is 0.169 e. The molecule has 0 aliphatic rings. The van der Waals surface area contributed by atoms with Crippen LogP contribution in [-0.4, -0.2) is 0 Å². The lowest BCUT2D eigenvalue weighted by Gasteiger charge is -2.01. The van der Waals surface area contributed by atoms with Crippen LogP contribution in [0.1, 0.15) is 19.4 Å². The minimum Gasteiger partial charge on any atom is -1.00 e. The third-order valence-electron chi connectivity index (χ3n) is 1.76. The SMILES string of the molecule is C=CCC(C)[n+]1ccccc1.[Cl-]. The molecule has 0 amide bonds. The fourth-order valence-corrected chi connectivity index (χ4v) is 1.07. The molecule has 0 saturated heterocycles. The van der Waals surface area contributed by atoms with Gasteiger partial charge in [-0.05, 0) is 6.92 Å². The number of pyridine rings is 1. The van der Waals surface area contributed by atoms with E-state index >= 15 is 0 Å². The van der Waals surface area contributed by atoms with Crippen LogP contribution in [0.2, 0.25) is 0 Å². The molecule has 12 heavy (non-hydrogen) atoms. The molecule has 0 aliphatic heterocycles. The van der Waals surface area contributed by atoms with Crippen LogP contribution in [0.15, 0.2) is 43.2 Å². The van der Waals surface area contributed by atoms with Crippen LogP contribution < -0.4 is 17.0 Å². The Hall–Kier alpha value is -0.820. The van der Waals surface area contributed by atoms with Crippen molar-refractivity contribution in [2.24, 2.45) is 0 Å². The second-order valence-corrected chi connectivity index (χ2v) is 2.70.